The molecule has 0 aromatic heterocycles. The maximum atomic E-state index is 12.1. The molecular formula is C26H45NO2. The third kappa shape index (κ3) is 3.90. The van der Waals surface area contributed by atoms with Crippen molar-refractivity contribution in [2.24, 2.45) is 40.4 Å². The molecule has 1 amide bonds. The van der Waals surface area contributed by atoms with Crippen molar-refractivity contribution in [1.29, 1.82) is 0 Å². The van der Waals surface area contributed by atoms with Crippen LogP contribution in [0.3, 0.4) is 0 Å². The Bertz CT molecular complexity index is 591. The minimum atomic E-state index is -0.123. The van der Waals surface area contributed by atoms with Crippen LogP contribution in [0.1, 0.15) is 104 Å². The fourth-order valence-corrected chi connectivity index (χ4v) is 8.78. The van der Waals surface area contributed by atoms with E-state index in [2.05, 4.69) is 19.2 Å². The molecule has 2 N–H and O–H groups in total. The maximum Gasteiger partial charge on any atom is 0.220 e. The van der Waals surface area contributed by atoms with E-state index in [1.165, 1.54) is 70.6 Å². The van der Waals surface area contributed by atoms with Gasteiger partial charge in [-0.25, -0.2) is 0 Å². The summed E-state index contributed by atoms with van der Waals surface area (Å²) in [4.78, 5) is 12.1. The Hall–Kier alpha value is -0.570. The summed E-state index contributed by atoms with van der Waals surface area (Å²) in [6.07, 6.45) is 17.5. The second-order valence-corrected chi connectivity index (χ2v) is 11.8. The van der Waals surface area contributed by atoms with Gasteiger partial charge in [0.25, 0.3) is 0 Å². The van der Waals surface area contributed by atoms with Crippen LogP contribution in [-0.4, -0.2) is 23.7 Å². The number of carbonyl (C=O) groups is 1. The van der Waals surface area contributed by atoms with Crippen molar-refractivity contribution in [2.75, 3.05) is 6.61 Å². The van der Waals surface area contributed by atoms with Crippen LogP contribution >= 0.6 is 0 Å². The first-order valence-corrected chi connectivity index (χ1v) is 12.8. The Morgan fingerprint density at radius 2 is 1.79 bits per heavy atom. The first kappa shape index (κ1) is 21.7. The number of hydrogen-bond donors (Lipinski definition) is 2. The Kier molecular flexibility index (Phi) is 6.36. The predicted octanol–water partition coefficient (Wildman–Crippen LogP) is 5.70. The molecule has 0 bridgehead atoms. The van der Waals surface area contributed by atoms with Crippen LogP contribution in [0.15, 0.2) is 0 Å². The number of aliphatic hydroxyl groups excluding tert-OH is 1. The van der Waals surface area contributed by atoms with Crippen LogP contribution in [0, 0.1) is 40.4 Å². The fourth-order valence-electron chi connectivity index (χ4n) is 8.78. The molecule has 0 saturated heterocycles. The van der Waals surface area contributed by atoms with Gasteiger partial charge in [-0.3, -0.25) is 4.79 Å². The summed E-state index contributed by atoms with van der Waals surface area (Å²) >= 11 is 0. The molecule has 4 aliphatic rings. The van der Waals surface area contributed by atoms with Crippen molar-refractivity contribution in [3.8, 4) is 0 Å². The average Bonchev–Trinajstić information content (AvgIpc) is 3.04. The number of aliphatic hydroxyl groups is 1. The van der Waals surface area contributed by atoms with E-state index in [9.17, 15) is 4.79 Å². The zero-order valence-corrected chi connectivity index (χ0v) is 19.2. The van der Waals surface area contributed by atoms with Gasteiger partial charge in [0.1, 0.15) is 0 Å². The molecule has 0 heterocycles. The molecule has 29 heavy (non-hydrogen) atoms. The van der Waals surface area contributed by atoms with E-state index in [4.69, 9.17) is 5.11 Å². The van der Waals surface area contributed by atoms with Crippen LogP contribution in [0.5, 0.6) is 0 Å². The zero-order valence-electron chi connectivity index (χ0n) is 19.2. The Morgan fingerprint density at radius 3 is 2.59 bits per heavy atom. The molecule has 8 atom stereocenters. The minimum Gasteiger partial charge on any atom is -0.394 e. The maximum absolute atomic E-state index is 12.1. The first-order chi connectivity index (χ1) is 13.9. The number of rotatable bonds is 6. The number of amides is 1. The van der Waals surface area contributed by atoms with Gasteiger partial charge in [-0.2, -0.15) is 0 Å². The van der Waals surface area contributed by atoms with Crippen LogP contribution in [-0.2, 0) is 4.79 Å². The predicted molar refractivity (Wildman–Crippen MR) is 118 cm³/mol. The molecular weight excluding hydrogens is 358 g/mol. The molecule has 4 saturated carbocycles. The van der Waals surface area contributed by atoms with Crippen molar-refractivity contribution in [2.45, 2.75) is 110 Å². The lowest BCUT2D eigenvalue weighted by molar-refractivity contribution is -0.122. The molecule has 0 spiro atoms. The minimum absolute atomic E-state index is 0.0243. The van der Waals surface area contributed by atoms with Gasteiger partial charge in [0.15, 0.2) is 0 Å². The lowest BCUT2D eigenvalue weighted by Crippen LogP contribution is -2.52. The number of fused-ring (bicyclic) bond motifs is 5. The molecule has 0 radical (unpaired) electrons. The normalized spacial score (nSPS) is 45.0. The fraction of sp³-hybridized carbons (Fsp3) is 0.962. The van der Waals surface area contributed by atoms with Gasteiger partial charge >= 0.3 is 0 Å². The topological polar surface area (TPSA) is 49.3 Å². The van der Waals surface area contributed by atoms with Gasteiger partial charge in [0.05, 0.1) is 6.61 Å². The van der Waals surface area contributed by atoms with Gasteiger partial charge in [0.2, 0.25) is 5.91 Å². The van der Waals surface area contributed by atoms with Crippen LogP contribution in [0.2, 0.25) is 0 Å². The van der Waals surface area contributed by atoms with E-state index in [0.717, 1.165) is 36.0 Å². The van der Waals surface area contributed by atoms with Crippen molar-refractivity contribution < 1.29 is 9.90 Å². The molecule has 3 nitrogen and oxygen atoms in total. The highest BCUT2D eigenvalue weighted by atomic mass is 16.3. The van der Waals surface area contributed by atoms with Crippen molar-refractivity contribution in [3.63, 3.8) is 0 Å². The lowest BCUT2D eigenvalue weighted by Gasteiger charge is -2.60. The van der Waals surface area contributed by atoms with Crippen molar-refractivity contribution in [3.05, 3.63) is 0 Å². The SMILES string of the molecule is CC(CO)NC(=O)CCCC1CCC2C3CCC4CCCCC4(C)C3CCC12C. The Morgan fingerprint density at radius 1 is 1.00 bits per heavy atom. The molecule has 0 aliphatic heterocycles. The third-order valence-corrected chi connectivity index (χ3v) is 10.4. The highest BCUT2D eigenvalue weighted by Crippen LogP contribution is 2.67. The number of nitrogens with one attached hydrogen (secondary N) is 1. The van der Waals surface area contributed by atoms with Crippen LogP contribution < -0.4 is 5.32 Å². The zero-order chi connectivity index (χ0) is 20.6. The summed E-state index contributed by atoms with van der Waals surface area (Å²) < 4.78 is 0. The van der Waals surface area contributed by atoms with E-state index < -0.39 is 0 Å². The second kappa shape index (κ2) is 8.52. The Balaban J connectivity index is 1.36. The number of hydrogen-bond acceptors (Lipinski definition) is 2. The van der Waals surface area contributed by atoms with Crippen molar-refractivity contribution in [1.82, 2.24) is 5.32 Å². The lowest BCUT2D eigenvalue weighted by atomic mass is 9.45. The molecule has 0 aromatic carbocycles. The summed E-state index contributed by atoms with van der Waals surface area (Å²) in [5.74, 6) is 4.84. The molecule has 0 aromatic rings. The largest absolute Gasteiger partial charge is 0.394 e. The highest BCUT2D eigenvalue weighted by molar-refractivity contribution is 5.76. The second-order valence-electron chi connectivity index (χ2n) is 11.8. The van der Waals surface area contributed by atoms with E-state index >= 15 is 0 Å². The van der Waals surface area contributed by atoms with Crippen molar-refractivity contribution >= 4 is 5.91 Å². The van der Waals surface area contributed by atoms with E-state index in [0.29, 0.717) is 17.3 Å². The smallest absolute Gasteiger partial charge is 0.220 e. The summed E-state index contributed by atoms with van der Waals surface area (Å²) in [5.41, 5.74) is 1.16. The quantitative estimate of drug-likeness (QED) is 0.597. The van der Waals surface area contributed by atoms with E-state index in [-0.39, 0.29) is 18.6 Å². The van der Waals surface area contributed by atoms with Gasteiger partial charge in [0, 0.05) is 12.5 Å². The summed E-state index contributed by atoms with van der Waals surface area (Å²) in [7, 11) is 0. The highest BCUT2D eigenvalue weighted by Gasteiger charge is 2.59. The number of carbonyl (C=O) groups excluding carboxylic acids is 1. The summed E-state index contributed by atoms with van der Waals surface area (Å²) in [5, 5.41) is 12.0. The molecule has 4 rings (SSSR count). The van der Waals surface area contributed by atoms with Gasteiger partial charge in [-0.05, 0) is 112 Å². The summed E-state index contributed by atoms with van der Waals surface area (Å²) in [6, 6.07) is -0.123. The van der Waals surface area contributed by atoms with Gasteiger partial charge < -0.3 is 10.4 Å². The van der Waals surface area contributed by atoms with Crippen LogP contribution in [0.25, 0.3) is 0 Å². The molecule has 4 fully saturated rings. The molecule has 8 unspecified atom stereocenters. The first-order valence-electron chi connectivity index (χ1n) is 12.8. The average molecular weight is 404 g/mol. The van der Waals surface area contributed by atoms with E-state index in [1.807, 2.05) is 6.92 Å². The standard InChI is InChI=1S/C26H45NO2/c1-18(17-28)27-24(29)9-6-8-20-11-13-22-21-12-10-19-7-4-5-15-25(19,2)23(21)14-16-26(20,22)3/h18-23,28H,4-17H2,1-3H3,(H,27,29). The molecule has 166 valence electrons. The molecule has 3 heteroatoms. The van der Waals surface area contributed by atoms with E-state index in [1.54, 1.807) is 0 Å². The third-order valence-electron chi connectivity index (χ3n) is 10.4. The monoisotopic (exact) mass is 403 g/mol. The van der Waals surface area contributed by atoms with Gasteiger partial charge in [-0.15, -0.1) is 0 Å². The summed E-state index contributed by atoms with van der Waals surface area (Å²) in [6.45, 7) is 7.18. The van der Waals surface area contributed by atoms with Crippen LogP contribution in [0.4, 0.5) is 0 Å². The Labute approximate surface area is 178 Å². The van der Waals surface area contributed by atoms with Gasteiger partial charge in [-0.1, -0.05) is 26.7 Å². The molecule has 4 aliphatic carbocycles.